The second kappa shape index (κ2) is 4.92. The lowest BCUT2D eigenvalue weighted by molar-refractivity contribution is -0.148. The molecular formula is C13H19NO3. The van der Waals surface area contributed by atoms with Crippen molar-refractivity contribution >= 4 is 5.97 Å². The topological polar surface area (TPSA) is 51.5 Å². The van der Waals surface area contributed by atoms with Crippen LogP contribution in [-0.2, 0) is 16.1 Å². The molecule has 0 aliphatic heterocycles. The maximum Gasteiger partial charge on any atom is 0.326 e. The standard InChI is InChI=1S/C13H19NO3/c1-9(2)17-12(15)8-14-6-5-11(7-14)13(16)10-3-4-10/h5-7,9-10,13,16H,3-4,8H2,1-2H3. The summed E-state index contributed by atoms with van der Waals surface area (Å²) in [6.45, 7) is 3.86. The average Bonchev–Trinajstić information content (AvgIpc) is 2.98. The molecule has 0 saturated heterocycles. The van der Waals surface area contributed by atoms with Crippen molar-refractivity contribution in [3.05, 3.63) is 24.0 Å². The molecular weight excluding hydrogens is 218 g/mol. The minimum atomic E-state index is -0.377. The Morgan fingerprint density at radius 1 is 1.59 bits per heavy atom. The van der Waals surface area contributed by atoms with Crippen LogP contribution in [0.4, 0.5) is 0 Å². The fourth-order valence-corrected chi connectivity index (χ4v) is 1.87. The van der Waals surface area contributed by atoms with Crippen LogP contribution in [0.5, 0.6) is 0 Å². The van der Waals surface area contributed by atoms with E-state index in [0.29, 0.717) is 5.92 Å². The minimum Gasteiger partial charge on any atom is -0.462 e. The molecule has 1 saturated carbocycles. The number of esters is 1. The van der Waals surface area contributed by atoms with Gasteiger partial charge in [-0.3, -0.25) is 4.79 Å². The van der Waals surface area contributed by atoms with E-state index in [-0.39, 0.29) is 24.7 Å². The van der Waals surface area contributed by atoms with Crippen LogP contribution < -0.4 is 0 Å². The summed E-state index contributed by atoms with van der Waals surface area (Å²) in [6, 6.07) is 1.87. The lowest BCUT2D eigenvalue weighted by atomic mass is 10.1. The monoisotopic (exact) mass is 237 g/mol. The summed E-state index contributed by atoms with van der Waals surface area (Å²) in [5, 5.41) is 9.92. The highest BCUT2D eigenvalue weighted by molar-refractivity contribution is 5.69. The van der Waals surface area contributed by atoms with Crippen LogP contribution in [0.25, 0.3) is 0 Å². The Morgan fingerprint density at radius 2 is 2.29 bits per heavy atom. The van der Waals surface area contributed by atoms with Crippen LogP contribution in [0.15, 0.2) is 18.5 Å². The van der Waals surface area contributed by atoms with E-state index in [9.17, 15) is 9.90 Å². The molecule has 1 atom stereocenters. The van der Waals surface area contributed by atoms with Gasteiger partial charge in [0.2, 0.25) is 0 Å². The number of carbonyl (C=O) groups is 1. The number of ether oxygens (including phenoxy) is 1. The van der Waals surface area contributed by atoms with Gasteiger partial charge in [0.1, 0.15) is 6.54 Å². The van der Waals surface area contributed by atoms with Gasteiger partial charge < -0.3 is 14.4 Å². The Labute approximate surface area is 101 Å². The minimum absolute atomic E-state index is 0.0883. The van der Waals surface area contributed by atoms with E-state index in [0.717, 1.165) is 18.4 Å². The molecule has 1 aliphatic rings. The zero-order chi connectivity index (χ0) is 12.4. The molecule has 0 amide bonds. The van der Waals surface area contributed by atoms with Gasteiger partial charge in [0.15, 0.2) is 0 Å². The van der Waals surface area contributed by atoms with Gasteiger partial charge in [0.25, 0.3) is 0 Å². The number of nitrogens with zero attached hydrogens (tertiary/aromatic N) is 1. The highest BCUT2D eigenvalue weighted by Crippen LogP contribution is 2.40. The van der Waals surface area contributed by atoms with Crippen LogP contribution in [0, 0.1) is 5.92 Å². The van der Waals surface area contributed by atoms with Crippen LogP contribution in [-0.4, -0.2) is 21.7 Å². The predicted octanol–water partition coefficient (Wildman–Crippen LogP) is 1.88. The highest BCUT2D eigenvalue weighted by atomic mass is 16.5. The van der Waals surface area contributed by atoms with Gasteiger partial charge in [-0.15, -0.1) is 0 Å². The van der Waals surface area contributed by atoms with E-state index in [1.54, 1.807) is 4.57 Å². The van der Waals surface area contributed by atoms with Gasteiger partial charge in [-0.25, -0.2) is 0 Å². The molecule has 1 N–H and O–H groups in total. The normalized spacial score (nSPS) is 17.2. The number of rotatable bonds is 5. The van der Waals surface area contributed by atoms with Crippen molar-refractivity contribution in [2.24, 2.45) is 5.92 Å². The zero-order valence-electron chi connectivity index (χ0n) is 10.3. The van der Waals surface area contributed by atoms with E-state index < -0.39 is 0 Å². The Kier molecular flexibility index (Phi) is 3.52. The lowest BCUT2D eigenvalue weighted by Crippen LogP contribution is -2.16. The van der Waals surface area contributed by atoms with Gasteiger partial charge in [-0.05, 0) is 44.2 Å². The fraction of sp³-hybridized carbons (Fsp3) is 0.615. The SMILES string of the molecule is CC(C)OC(=O)Cn1ccc(C(O)C2CC2)c1. The third-order valence-corrected chi connectivity index (χ3v) is 2.86. The van der Waals surface area contributed by atoms with Crippen LogP contribution >= 0.6 is 0 Å². The van der Waals surface area contributed by atoms with Gasteiger partial charge >= 0.3 is 5.97 Å². The van der Waals surface area contributed by atoms with E-state index >= 15 is 0 Å². The Balaban J connectivity index is 1.91. The molecule has 0 aromatic carbocycles. The van der Waals surface area contributed by atoms with E-state index in [1.165, 1.54) is 0 Å². The molecule has 1 heterocycles. The first-order valence-corrected chi connectivity index (χ1v) is 6.09. The number of aliphatic hydroxyl groups is 1. The molecule has 1 aromatic heterocycles. The second-order valence-electron chi connectivity index (χ2n) is 4.94. The smallest absolute Gasteiger partial charge is 0.326 e. The molecule has 4 heteroatoms. The first kappa shape index (κ1) is 12.2. The van der Waals surface area contributed by atoms with Gasteiger partial charge in [0.05, 0.1) is 12.2 Å². The van der Waals surface area contributed by atoms with E-state index in [4.69, 9.17) is 4.74 Å². The maximum absolute atomic E-state index is 11.4. The van der Waals surface area contributed by atoms with Crippen LogP contribution in [0.3, 0.4) is 0 Å². The molecule has 1 fully saturated rings. The molecule has 2 rings (SSSR count). The van der Waals surface area contributed by atoms with E-state index in [2.05, 4.69) is 0 Å². The number of hydrogen-bond acceptors (Lipinski definition) is 3. The maximum atomic E-state index is 11.4. The fourth-order valence-electron chi connectivity index (χ4n) is 1.87. The molecule has 94 valence electrons. The molecule has 1 unspecified atom stereocenters. The molecule has 0 radical (unpaired) electrons. The summed E-state index contributed by atoms with van der Waals surface area (Å²) >= 11 is 0. The molecule has 1 aliphatic carbocycles. The summed E-state index contributed by atoms with van der Waals surface area (Å²) in [5.74, 6) is 0.163. The van der Waals surface area contributed by atoms with Crippen molar-refractivity contribution in [2.45, 2.75) is 45.4 Å². The largest absolute Gasteiger partial charge is 0.462 e. The Morgan fingerprint density at radius 3 is 2.88 bits per heavy atom. The summed E-state index contributed by atoms with van der Waals surface area (Å²) in [4.78, 5) is 11.4. The van der Waals surface area contributed by atoms with Crippen molar-refractivity contribution in [1.29, 1.82) is 0 Å². The van der Waals surface area contributed by atoms with Gasteiger partial charge in [0, 0.05) is 12.4 Å². The number of aliphatic hydroxyl groups excluding tert-OH is 1. The zero-order valence-corrected chi connectivity index (χ0v) is 10.3. The van der Waals surface area contributed by atoms with Gasteiger partial charge in [-0.2, -0.15) is 0 Å². The molecule has 4 nitrogen and oxygen atoms in total. The first-order valence-electron chi connectivity index (χ1n) is 6.09. The summed E-state index contributed by atoms with van der Waals surface area (Å²) in [5.41, 5.74) is 0.893. The first-order chi connectivity index (χ1) is 8.06. The Hall–Kier alpha value is -1.29. The molecule has 0 spiro atoms. The summed E-state index contributed by atoms with van der Waals surface area (Å²) in [6.07, 6.45) is 5.36. The number of hydrogen-bond donors (Lipinski definition) is 1. The summed E-state index contributed by atoms with van der Waals surface area (Å²) in [7, 11) is 0. The van der Waals surface area contributed by atoms with Crippen molar-refractivity contribution in [3.63, 3.8) is 0 Å². The van der Waals surface area contributed by atoms with Crippen molar-refractivity contribution in [1.82, 2.24) is 4.57 Å². The third-order valence-electron chi connectivity index (χ3n) is 2.86. The van der Waals surface area contributed by atoms with Crippen molar-refractivity contribution < 1.29 is 14.6 Å². The summed E-state index contributed by atoms with van der Waals surface area (Å²) < 4.78 is 6.82. The van der Waals surface area contributed by atoms with Crippen LogP contribution in [0.1, 0.15) is 38.4 Å². The molecule has 1 aromatic rings. The highest BCUT2D eigenvalue weighted by Gasteiger charge is 2.31. The predicted molar refractivity (Wildman–Crippen MR) is 63.3 cm³/mol. The average molecular weight is 237 g/mol. The van der Waals surface area contributed by atoms with Crippen LogP contribution in [0.2, 0.25) is 0 Å². The Bertz CT molecular complexity index is 393. The van der Waals surface area contributed by atoms with Crippen molar-refractivity contribution in [2.75, 3.05) is 0 Å². The lowest BCUT2D eigenvalue weighted by Gasteiger charge is -2.08. The number of carbonyl (C=O) groups excluding carboxylic acids is 1. The third kappa shape index (κ3) is 3.33. The quantitative estimate of drug-likeness (QED) is 0.795. The molecule has 0 bridgehead atoms. The van der Waals surface area contributed by atoms with E-state index in [1.807, 2.05) is 32.3 Å². The van der Waals surface area contributed by atoms with Gasteiger partial charge in [-0.1, -0.05) is 0 Å². The van der Waals surface area contributed by atoms with Crippen molar-refractivity contribution in [3.8, 4) is 0 Å². The molecule has 17 heavy (non-hydrogen) atoms. The number of aromatic nitrogens is 1. The second-order valence-corrected chi connectivity index (χ2v) is 4.94.